The monoisotopic (exact) mass is 491 g/mol. The van der Waals surface area contributed by atoms with Crippen molar-refractivity contribution in [1.82, 2.24) is 24.1 Å². The van der Waals surface area contributed by atoms with Crippen LogP contribution in [0.15, 0.2) is 59.8 Å². The molecule has 0 aliphatic carbocycles. The van der Waals surface area contributed by atoms with E-state index in [1.165, 1.54) is 12.8 Å². The Bertz CT molecular complexity index is 1110. The number of benzene rings is 1. The van der Waals surface area contributed by atoms with Crippen LogP contribution in [0, 0.1) is 0 Å². The molecule has 1 aromatic carbocycles. The van der Waals surface area contributed by atoms with Gasteiger partial charge in [-0.3, -0.25) is 14.5 Å². The Hall–Kier alpha value is -2.84. The number of amides is 2. The molecule has 3 aromatic rings. The summed E-state index contributed by atoms with van der Waals surface area (Å²) in [5.74, 6) is 1.09. The number of aromatic nitrogens is 2. The van der Waals surface area contributed by atoms with Crippen molar-refractivity contribution in [3.63, 3.8) is 0 Å². The molecule has 0 unspecified atom stereocenters. The van der Waals surface area contributed by atoms with E-state index in [9.17, 15) is 9.59 Å². The van der Waals surface area contributed by atoms with Crippen molar-refractivity contribution in [1.29, 1.82) is 0 Å². The molecule has 0 spiro atoms. The molecule has 0 bridgehead atoms. The molecule has 0 saturated carbocycles. The van der Waals surface area contributed by atoms with Crippen LogP contribution in [0.25, 0.3) is 5.65 Å². The van der Waals surface area contributed by atoms with E-state index in [2.05, 4.69) is 16.1 Å². The highest BCUT2D eigenvalue weighted by Gasteiger charge is 2.25. The highest BCUT2D eigenvalue weighted by molar-refractivity contribution is 7.98. The van der Waals surface area contributed by atoms with E-state index >= 15 is 0 Å². The van der Waals surface area contributed by atoms with Gasteiger partial charge in [-0.15, -0.1) is 11.8 Å². The van der Waals surface area contributed by atoms with Gasteiger partial charge in [0.2, 0.25) is 5.91 Å². The standard InChI is InChI=1S/C27H33N5O2S/c33-26(30-12-4-1-2-5-13-30)20-29-15-17-31(18-16-29)27(34)22-8-10-24(11-9-22)35-21-23-19-32-14-6-3-7-25(32)28-23/h3,6-11,14,19H,1-2,4-5,12-13,15-18,20-21H2. The molecule has 0 radical (unpaired) electrons. The first-order valence-electron chi connectivity index (χ1n) is 12.6. The van der Waals surface area contributed by atoms with Crippen LogP contribution in [0.2, 0.25) is 0 Å². The normalized spacial score (nSPS) is 17.5. The molecule has 2 aromatic heterocycles. The lowest BCUT2D eigenvalue weighted by Crippen LogP contribution is -2.51. The fourth-order valence-corrected chi connectivity index (χ4v) is 5.59. The summed E-state index contributed by atoms with van der Waals surface area (Å²) in [6.07, 6.45) is 8.75. The average molecular weight is 492 g/mol. The summed E-state index contributed by atoms with van der Waals surface area (Å²) in [5, 5.41) is 0. The van der Waals surface area contributed by atoms with Crippen LogP contribution < -0.4 is 0 Å². The summed E-state index contributed by atoms with van der Waals surface area (Å²) in [6, 6.07) is 13.9. The van der Waals surface area contributed by atoms with Gasteiger partial charge in [0, 0.05) is 67.9 Å². The maximum atomic E-state index is 13.0. The van der Waals surface area contributed by atoms with Crippen molar-refractivity contribution in [2.75, 3.05) is 45.8 Å². The van der Waals surface area contributed by atoms with E-state index < -0.39 is 0 Å². The molecule has 2 amide bonds. The number of likely N-dealkylation sites (tertiary alicyclic amines) is 1. The van der Waals surface area contributed by atoms with Gasteiger partial charge in [-0.2, -0.15) is 0 Å². The highest BCUT2D eigenvalue weighted by atomic mass is 32.2. The van der Waals surface area contributed by atoms with Gasteiger partial charge in [0.1, 0.15) is 5.65 Å². The van der Waals surface area contributed by atoms with Gasteiger partial charge in [0.25, 0.3) is 5.91 Å². The molecule has 8 heteroatoms. The molecule has 7 nitrogen and oxygen atoms in total. The van der Waals surface area contributed by atoms with Crippen LogP contribution in [-0.2, 0) is 10.5 Å². The molecule has 0 N–H and O–H groups in total. The van der Waals surface area contributed by atoms with Crippen LogP contribution in [0.1, 0.15) is 41.7 Å². The highest BCUT2D eigenvalue weighted by Crippen LogP contribution is 2.23. The van der Waals surface area contributed by atoms with Gasteiger partial charge >= 0.3 is 0 Å². The second-order valence-electron chi connectivity index (χ2n) is 9.37. The van der Waals surface area contributed by atoms with Crippen LogP contribution in [-0.4, -0.2) is 81.7 Å². The summed E-state index contributed by atoms with van der Waals surface area (Å²) in [4.78, 5) is 37.6. The van der Waals surface area contributed by atoms with E-state index in [4.69, 9.17) is 0 Å². The smallest absolute Gasteiger partial charge is 0.253 e. The van der Waals surface area contributed by atoms with Gasteiger partial charge in [0.05, 0.1) is 12.2 Å². The molecule has 2 saturated heterocycles. The second-order valence-corrected chi connectivity index (χ2v) is 10.4. The Morgan fingerprint density at radius 3 is 2.29 bits per heavy atom. The third-order valence-corrected chi connectivity index (χ3v) is 7.92. The minimum atomic E-state index is 0.0698. The Kier molecular flexibility index (Phi) is 7.69. The number of hydrogen-bond donors (Lipinski definition) is 0. The van der Waals surface area contributed by atoms with Crippen molar-refractivity contribution in [2.24, 2.45) is 0 Å². The quantitative estimate of drug-likeness (QED) is 0.491. The number of hydrogen-bond acceptors (Lipinski definition) is 5. The number of thioether (sulfide) groups is 1. The summed E-state index contributed by atoms with van der Waals surface area (Å²) < 4.78 is 2.03. The van der Waals surface area contributed by atoms with Crippen molar-refractivity contribution >= 4 is 29.2 Å². The lowest BCUT2D eigenvalue weighted by Gasteiger charge is -2.35. The molecule has 2 aliphatic heterocycles. The van der Waals surface area contributed by atoms with Crippen LogP contribution in [0.3, 0.4) is 0 Å². The average Bonchev–Trinajstić information content (AvgIpc) is 3.11. The Balaban J connectivity index is 1.09. The van der Waals surface area contributed by atoms with Crippen molar-refractivity contribution in [3.8, 4) is 0 Å². The fraction of sp³-hybridized carbons (Fsp3) is 0.444. The zero-order chi connectivity index (χ0) is 24.0. The van der Waals surface area contributed by atoms with Gasteiger partial charge in [-0.25, -0.2) is 4.98 Å². The maximum Gasteiger partial charge on any atom is 0.253 e. The van der Waals surface area contributed by atoms with Crippen molar-refractivity contribution in [3.05, 3.63) is 66.1 Å². The third kappa shape index (κ3) is 6.05. The molecular formula is C27H33N5O2S. The number of nitrogens with zero attached hydrogens (tertiary/aromatic N) is 5. The first-order chi connectivity index (χ1) is 17.2. The summed E-state index contributed by atoms with van der Waals surface area (Å²) in [6.45, 7) is 5.08. The molecule has 184 valence electrons. The Labute approximate surface area is 211 Å². The van der Waals surface area contributed by atoms with E-state index in [0.29, 0.717) is 19.6 Å². The van der Waals surface area contributed by atoms with Crippen molar-refractivity contribution in [2.45, 2.75) is 36.3 Å². The van der Waals surface area contributed by atoms with Gasteiger partial charge in [-0.05, 0) is 49.2 Å². The zero-order valence-corrected chi connectivity index (χ0v) is 21.0. The first-order valence-corrected chi connectivity index (χ1v) is 13.6. The van der Waals surface area contributed by atoms with E-state index in [-0.39, 0.29) is 11.8 Å². The summed E-state index contributed by atoms with van der Waals surface area (Å²) in [5.41, 5.74) is 2.71. The second kappa shape index (κ2) is 11.3. The predicted octanol–water partition coefficient (Wildman–Crippen LogP) is 3.79. The number of piperazine rings is 1. The molecule has 4 heterocycles. The number of rotatable bonds is 6. The van der Waals surface area contributed by atoms with E-state index in [1.807, 2.05) is 62.9 Å². The van der Waals surface area contributed by atoms with Crippen molar-refractivity contribution < 1.29 is 9.59 Å². The van der Waals surface area contributed by atoms with Crippen LogP contribution >= 0.6 is 11.8 Å². The number of imidazole rings is 1. The molecular weight excluding hydrogens is 458 g/mol. The molecule has 2 fully saturated rings. The Morgan fingerprint density at radius 1 is 0.829 bits per heavy atom. The predicted molar refractivity (Wildman–Crippen MR) is 139 cm³/mol. The van der Waals surface area contributed by atoms with Crippen LogP contribution in [0.5, 0.6) is 0 Å². The maximum absolute atomic E-state index is 13.0. The minimum absolute atomic E-state index is 0.0698. The molecule has 0 atom stereocenters. The topological polar surface area (TPSA) is 61.2 Å². The Morgan fingerprint density at radius 2 is 1.57 bits per heavy atom. The zero-order valence-electron chi connectivity index (χ0n) is 20.1. The lowest BCUT2D eigenvalue weighted by atomic mass is 10.2. The van der Waals surface area contributed by atoms with E-state index in [1.54, 1.807) is 11.8 Å². The lowest BCUT2D eigenvalue weighted by molar-refractivity contribution is -0.132. The SMILES string of the molecule is O=C(CN1CCN(C(=O)c2ccc(SCc3cn4ccccc4n3)cc2)CC1)N1CCCCCC1. The minimum Gasteiger partial charge on any atom is -0.342 e. The first kappa shape index (κ1) is 23.9. The molecule has 2 aliphatic rings. The number of pyridine rings is 1. The molecule has 5 rings (SSSR count). The number of fused-ring (bicyclic) bond motifs is 1. The summed E-state index contributed by atoms with van der Waals surface area (Å²) >= 11 is 1.72. The van der Waals surface area contributed by atoms with E-state index in [0.717, 1.165) is 66.6 Å². The largest absolute Gasteiger partial charge is 0.342 e. The fourth-order valence-electron chi connectivity index (χ4n) is 4.81. The van der Waals surface area contributed by atoms with Gasteiger partial charge in [-0.1, -0.05) is 18.9 Å². The van der Waals surface area contributed by atoms with Crippen LogP contribution in [0.4, 0.5) is 0 Å². The van der Waals surface area contributed by atoms with Gasteiger partial charge < -0.3 is 14.2 Å². The number of carbonyl (C=O) groups is 2. The molecule has 35 heavy (non-hydrogen) atoms. The third-order valence-electron chi connectivity index (χ3n) is 6.88. The summed E-state index contributed by atoms with van der Waals surface area (Å²) in [7, 11) is 0. The number of carbonyl (C=O) groups excluding carboxylic acids is 2. The van der Waals surface area contributed by atoms with Gasteiger partial charge in [0.15, 0.2) is 0 Å².